The van der Waals surface area contributed by atoms with Gasteiger partial charge >= 0.3 is 0 Å². The molecule has 0 N–H and O–H groups in total. The summed E-state index contributed by atoms with van der Waals surface area (Å²) in [6.07, 6.45) is 9.06. The Morgan fingerprint density at radius 2 is 1.72 bits per heavy atom. The number of rotatable bonds is 7. The standard InChI is InChI=1S/C15H27N3/c1-6-8-13(9-7-2)15-17-16-14(18(15)5)11-10-12(3)4/h10-13H,6-9H2,1-5H3/b11-10-. The molecule has 102 valence electrons. The van der Waals surface area contributed by atoms with Crippen molar-refractivity contribution in [2.24, 2.45) is 13.0 Å². The third kappa shape index (κ3) is 3.97. The topological polar surface area (TPSA) is 30.7 Å². The monoisotopic (exact) mass is 249 g/mol. The van der Waals surface area contributed by atoms with E-state index in [2.05, 4.69) is 61.7 Å². The summed E-state index contributed by atoms with van der Waals surface area (Å²) in [6.45, 7) is 8.81. The van der Waals surface area contributed by atoms with Crippen molar-refractivity contribution < 1.29 is 0 Å². The van der Waals surface area contributed by atoms with E-state index in [1.54, 1.807) is 0 Å². The Hall–Kier alpha value is -1.12. The molecule has 0 radical (unpaired) electrons. The molecule has 0 aliphatic heterocycles. The summed E-state index contributed by atoms with van der Waals surface area (Å²) in [5.74, 6) is 3.21. The summed E-state index contributed by atoms with van der Waals surface area (Å²) in [5.41, 5.74) is 0. The Morgan fingerprint density at radius 3 is 2.22 bits per heavy atom. The van der Waals surface area contributed by atoms with Gasteiger partial charge in [-0.1, -0.05) is 46.6 Å². The minimum Gasteiger partial charge on any atom is -0.314 e. The predicted molar refractivity (Wildman–Crippen MR) is 77.4 cm³/mol. The van der Waals surface area contributed by atoms with Crippen LogP contribution in [0, 0.1) is 5.92 Å². The van der Waals surface area contributed by atoms with Crippen LogP contribution in [0.1, 0.15) is 70.9 Å². The van der Waals surface area contributed by atoms with Crippen LogP contribution in [-0.4, -0.2) is 14.8 Å². The SMILES string of the molecule is CCCC(CCC)c1nnc(/C=C\C(C)C)n1C. The second-order valence-corrected chi connectivity index (χ2v) is 5.35. The zero-order chi connectivity index (χ0) is 13.5. The van der Waals surface area contributed by atoms with Crippen molar-refractivity contribution in [2.75, 3.05) is 0 Å². The number of hydrogen-bond donors (Lipinski definition) is 0. The number of allylic oxidation sites excluding steroid dienone is 1. The average molecular weight is 249 g/mol. The lowest BCUT2D eigenvalue weighted by Gasteiger charge is -2.14. The first-order valence-corrected chi connectivity index (χ1v) is 7.17. The van der Waals surface area contributed by atoms with Crippen LogP contribution in [-0.2, 0) is 7.05 Å². The van der Waals surface area contributed by atoms with Gasteiger partial charge in [-0.2, -0.15) is 0 Å². The van der Waals surface area contributed by atoms with Crippen LogP contribution >= 0.6 is 0 Å². The van der Waals surface area contributed by atoms with E-state index < -0.39 is 0 Å². The maximum Gasteiger partial charge on any atom is 0.156 e. The van der Waals surface area contributed by atoms with Crippen molar-refractivity contribution in [3.63, 3.8) is 0 Å². The van der Waals surface area contributed by atoms with Crippen molar-refractivity contribution in [3.8, 4) is 0 Å². The molecule has 3 nitrogen and oxygen atoms in total. The zero-order valence-electron chi connectivity index (χ0n) is 12.5. The molecule has 0 aromatic carbocycles. The van der Waals surface area contributed by atoms with Crippen molar-refractivity contribution in [2.45, 2.75) is 59.3 Å². The first kappa shape index (κ1) is 14.9. The van der Waals surface area contributed by atoms with E-state index in [0.717, 1.165) is 11.6 Å². The minimum absolute atomic E-state index is 0.548. The van der Waals surface area contributed by atoms with Gasteiger partial charge in [0, 0.05) is 13.0 Å². The molecule has 0 saturated heterocycles. The first-order valence-electron chi connectivity index (χ1n) is 7.17. The van der Waals surface area contributed by atoms with E-state index in [9.17, 15) is 0 Å². The molecule has 0 atom stereocenters. The highest BCUT2D eigenvalue weighted by Gasteiger charge is 2.17. The van der Waals surface area contributed by atoms with Crippen LogP contribution in [0.25, 0.3) is 6.08 Å². The maximum atomic E-state index is 4.39. The van der Waals surface area contributed by atoms with Gasteiger partial charge in [-0.15, -0.1) is 10.2 Å². The molecule has 18 heavy (non-hydrogen) atoms. The molecule has 0 aliphatic rings. The summed E-state index contributed by atoms with van der Waals surface area (Å²) in [5, 5.41) is 8.69. The van der Waals surface area contributed by atoms with Crippen molar-refractivity contribution in [1.82, 2.24) is 14.8 Å². The summed E-state index contributed by atoms with van der Waals surface area (Å²) < 4.78 is 2.15. The molecule has 1 aromatic heterocycles. The van der Waals surface area contributed by atoms with Gasteiger partial charge in [0.25, 0.3) is 0 Å². The van der Waals surface area contributed by atoms with E-state index in [4.69, 9.17) is 0 Å². The van der Waals surface area contributed by atoms with E-state index in [0.29, 0.717) is 11.8 Å². The molecular weight excluding hydrogens is 222 g/mol. The number of aromatic nitrogens is 3. The summed E-state index contributed by atoms with van der Waals surface area (Å²) >= 11 is 0. The Morgan fingerprint density at radius 1 is 1.11 bits per heavy atom. The van der Waals surface area contributed by atoms with Crippen molar-refractivity contribution in [1.29, 1.82) is 0 Å². The second kappa shape index (κ2) is 7.34. The Bertz CT molecular complexity index is 371. The fourth-order valence-corrected chi connectivity index (χ4v) is 2.23. The fourth-order valence-electron chi connectivity index (χ4n) is 2.23. The quantitative estimate of drug-likeness (QED) is 0.726. The smallest absolute Gasteiger partial charge is 0.156 e. The van der Waals surface area contributed by atoms with Crippen molar-refractivity contribution >= 4 is 6.08 Å². The summed E-state index contributed by atoms with van der Waals surface area (Å²) in [4.78, 5) is 0. The molecule has 3 heteroatoms. The molecule has 1 heterocycles. The molecule has 0 saturated carbocycles. The third-order valence-electron chi connectivity index (χ3n) is 3.21. The van der Waals surface area contributed by atoms with Gasteiger partial charge in [0.1, 0.15) is 5.82 Å². The molecule has 0 spiro atoms. The van der Waals surface area contributed by atoms with Gasteiger partial charge in [0.15, 0.2) is 5.82 Å². The third-order valence-corrected chi connectivity index (χ3v) is 3.21. The normalized spacial score (nSPS) is 12.2. The van der Waals surface area contributed by atoms with E-state index >= 15 is 0 Å². The van der Waals surface area contributed by atoms with Crippen LogP contribution in [0.2, 0.25) is 0 Å². The van der Waals surface area contributed by atoms with E-state index in [1.165, 1.54) is 25.7 Å². The molecule has 0 amide bonds. The summed E-state index contributed by atoms with van der Waals surface area (Å²) in [7, 11) is 2.08. The average Bonchev–Trinajstić information content (AvgIpc) is 2.68. The maximum absolute atomic E-state index is 4.39. The van der Waals surface area contributed by atoms with Crippen molar-refractivity contribution in [3.05, 3.63) is 17.7 Å². The van der Waals surface area contributed by atoms with E-state index in [1.807, 2.05) is 0 Å². The lowest BCUT2D eigenvalue weighted by Crippen LogP contribution is -2.07. The number of nitrogens with zero attached hydrogens (tertiary/aromatic N) is 3. The number of hydrogen-bond acceptors (Lipinski definition) is 2. The molecular formula is C15H27N3. The van der Waals surface area contributed by atoms with Crippen LogP contribution in [0.3, 0.4) is 0 Å². The molecule has 1 aromatic rings. The van der Waals surface area contributed by atoms with Crippen LogP contribution < -0.4 is 0 Å². The van der Waals surface area contributed by atoms with Gasteiger partial charge in [-0.3, -0.25) is 0 Å². The van der Waals surface area contributed by atoms with Crippen LogP contribution in [0.15, 0.2) is 6.08 Å². The Balaban J connectivity index is 2.89. The van der Waals surface area contributed by atoms with Crippen LogP contribution in [0.4, 0.5) is 0 Å². The van der Waals surface area contributed by atoms with E-state index in [-0.39, 0.29) is 0 Å². The summed E-state index contributed by atoms with van der Waals surface area (Å²) in [6, 6.07) is 0. The molecule has 0 aliphatic carbocycles. The zero-order valence-corrected chi connectivity index (χ0v) is 12.5. The highest BCUT2D eigenvalue weighted by Crippen LogP contribution is 2.25. The van der Waals surface area contributed by atoms with Gasteiger partial charge in [-0.25, -0.2) is 0 Å². The molecule has 0 unspecified atom stereocenters. The lowest BCUT2D eigenvalue weighted by atomic mass is 9.97. The second-order valence-electron chi connectivity index (χ2n) is 5.35. The molecule has 0 fully saturated rings. The highest BCUT2D eigenvalue weighted by molar-refractivity contribution is 5.40. The van der Waals surface area contributed by atoms with Gasteiger partial charge in [-0.05, 0) is 24.8 Å². The van der Waals surface area contributed by atoms with Gasteiger partial charge < -0.3 is 4.57 Å². The highest BCUT2D eigenvalue weighted by atomic mass is 15.3. The Labute approximate surface area is 111 Å². The van der Waals surface area contributed by atoms with Crippen LogP contribution in [0.5, 0.6) is 0 Å². The minimum atomic E-state index is 0.548. The Kier molecular flexibility index (Phi) is 6.10. The largest absolute Gasteiger partial charge is 0.314 e. The fraction of sp³-hybridized carbons (Fsp3) is 0.733. The van der Waals surface area contributed by atoms with Gasteiger partial charge in [0.2, 0.25) is 0 Å². The van der Waals surface area contributed by atoms with Gasteiger partial charge in [0.05, 0.1) is 0 Å². The molecule has 0 bridgehead atoms. The molecule has 1 rings (SSSR count). The first-order chi connectivity index (χ1) is 8.60. The lowest BCUT2D eigenvalue weighted by molar-refractivity contribution is 0.517. The predicted octanol–water partition coefficient (Wildman–Crippen LogP) is 4.17.